The zero-order chi connectivity index (χ0) is 27.4. The van der Waals surface area contributed by atoms with E-state index < -0.39 is 41.4 Å². The first-order valence-electron chi connectivity index (χ1n) is 13.4. The third-order valence-corrected chi connectivity index (χ3v) is 8.91. The van der Waals surface area contributed by atoms with Crippen LogP contribution < -0.4 is 16.0 Å². The predicted molar refractivity (Wildman–Crippen MR) is 137 cm³/mol. The molecule has 1 aromatic carbocycles. The van der Waals surface area contributed by atoms with Crippen molar-refractivity contribution in [3.05, 3.63) is 53.2 Å². The summed E-state index contributed by atoms with van der Waals surface area (Å²) in [7, 11) is 0. The Hall–Kier alpha value is -3.47. The summed E-state index contributed by atoms with van der Waals surface area (Å²) >= 11 is 0. The number of nitrogens with zero attached hydrogens (tertiary/aromatic N) is 2. The second kappa shape index (κ2) is 9.32. The summed E-state index contributed by atoms with van der Waals surface area (Å²) in [6, 6.07) is 8.62. The summed E-state index contributed by atoms with van der Waals surface area (Å²) in [6.07, 6.45) is -0.960. The highest BCUT2D eigenvalue weighted by Crippen LogP contribution is 2.54. The molecule has 0 bridgehead atoms. The van der Waals surface area contributed by atoms with E-state index in [4.69, 9.17) is 0 Å². The molecule has 39 heavy (non-hydrogen) atoms. The summed E-state index contributed by atoms with van der Waals surface area (Å²) < 4.78 is 42.0. The van der Waals surface area contributed by atoms with Crippen molar-refractivity contribution in [2.75, 3.05) is 30.3 Å². The van der Waals surface area contributed by atoms with Crippen molar-refractivity contribution in [3.63, 3.8) is 0 Å². The highest BCUT2D eigenvalue weighted by atomic mass is 19.4. The number of piperidine rings is 1. The summed E-state index contributed by atoms with van der Waals surface area (Å²) in [4.78, 5) is 44.9. The number of hydrogen-bond acceptors (Lipinski definition) is 5. The highest BCUT2D eigenvalue weighted by Gasteiger charge is 2.65. The molecule has 11 heteroatoms. The number of nitrogens with one attached hydrogen (secondary N) is 3. The Balaban J connectivity index is 1.20. The fourth-order valence-electron chi connectivity index (χ4n) is 6.59. The van der Waals surface area contributed by atoms with Gasteiger partial charge in [-0.2, -0.15) is 13.2 Å². The molecule has 0 radical (unpaired) electrons. The first kappa shape index (κ1) is 25.8. The molecule has 3 heterocycles. The van der Waals surface area contributed by atoms with Crippen LogP contribution >= 0.6 is 0 Å². The van der Waals surface area contributed by atoms with Gasteiger partial charge in [-0.05, 0) is 74.4 Å². The lowest BCUT2D eigenvalue weighted by Crippen LogP contribution is -2.61. The maximum Gasteiger partial charge on any atom is 0.403 e. The molecule has 6 rings (SSSR count). The predicted octanol–water partition coefficient (Wildman–Crippen LogP) is 3.32. The van der Waals surface area contributed by atoms with Crippen LogP contribution in [-0.4, -0.2) is 59.5 Å². The maximum absolute atomic E-state index is 14.0. The van der Waals surface area contributed by atoms with Crippen molar-refractivity contribution in [2.24, 2.45) is 5.41 Å². The molecule has 3 N–H and O–H groups in total. The highest BCUT2D eigenvalue weighted by molar-refractivity contribution is 6.06. The van der Waals surface area contributed by atoms with Crippen LogP contribution in [0.3, 0.4) is 0 Å². The molecule has 2 aromatic rings. The van der Waals surface area contributed by atoms with Gasteiger partial charge >= 0.3 is 6.18 Å². The monoisotopic (exact) mass is 541 g/mol. The lowest BCUT2D eigenvalue weighted by atomic mass is 9.67. The van der Waals surface area contributed by atoms with Crippen LogP contribution in [0.5, 0.6) is 0 Å². The summed E-state index contributed by atoms with van der Waals surface area (Å²) in [5.74, 6) is -1.09. The first-order valence-corrected chi connectivity index (χ1v) is 13.4. The average Bonchev–Trinajstić information content (AvgIpc) is 3.38. The molecular formula is C28H30F3N5O3. The van der Waals surface area contributed by atoms with Gasteiger partial charge in [0.2, 0.25) is 17.7 Å². The molecule has 1 aromatic heterocycles. The smallest absolute Gasteiger partial charge is 0.328 e. The Morgan fingerprint density at radius 2 is 1.92 bits per heavy atom. The lowest BCUT2D eigenvalue weighted by Gasteiger charge is -2.46. The normalized spacial score (nSPS) is 24.9. The lowest BCUT2D eigenvalue weighted by molar-refractivity contribution is -0.249. The summed E-state index contributed by atoms with van der Waals surface area (Å²) in [5, 5.41) is 8.79. The van der Waals surface area contributed by atoms with Gasteiger partial charge in [-0.3, -0.25) is 14.4 Å². The molecule has 8 nitrogen and oxygen atoms in total. The van der Waals surface area contributed by atoms with E-state index in [0.29, 0.717) is 50.2 Å². The van der Waals surface area contributed by atoms with Gasteiger partial charge < -0.3 is 20.9 Å². The van der Waals surface area contributed by atoms with Gasteiger partial charge in [0.1, 0.15) is 17.8 Å². The number of amides is 3. The van der Waals surface area contributed by atoms with Crippen LogP contribution in [0.2, 0.25) is 0 Å². The zero-order valence-corrected chi connectivity index (χ0v) is 21.4. The summed E-state index contributed by atoms with van der Waals surface area (Å²) in [6.45, 7) is 0.627. The maximum atomic E-state index is 14.0. The number of carbonyl (C=O) groups is 3. The van der Waals surface area contributed by atoms with Crippen molar-refractivity contribution in [1.29, 1.82) is 0 Å². The second-order valence-corrected chi connectivity index (χ2v) is 11.2. The van der Waals surface area contributed by atoms with E-state index in [1.165, 1.54) is 0 Å². The number of halogens is 3. The molecule has 1 saturated carbocycles. The number of carbonyl (C=O) groups excluding carboxylic acids is 3. The van der Waals surface area contributed by atoms with E-state index in [0.717, 1.165) is 28.1 Å². The fourth-order valence-corrected chi connectivity index (χ4v) is 6.59. The molecule has 1 spiro atoms. The number of fused-ring (bicyclic) bond motifs is 3. The second-order valence-electron chi connectivity index (χ2n) is 11.2. The first-order chi connectivity index (χ1) is 18.6. The van der Waals surface area contributed by atoms with Gasteiger partial charge in [0.25, 0.3) is 0 Å². The molecule has 1 saturated heterocycles. The SMILES string of the molecule is O=C(CN(C(=O)C1(C(F)(F)F)CCC1)[C@H]1CCCNC1)Nc1ccc2c(c1)C[C@@]1(C2)C(=O)Nc2ncccc21. The Morgan fingerprint density at radius 3 is 2.62 bits per heavy atom. The van der Waals surface area contributed by atoms with Gasteiger partial charge in [0, 0.05) is 30.0 Å². The van der Waals surface area contributed by atoms with E-state index in [-0.39, 0.29) is 18.7 Å². The minimum Gasteiger partial charge on any atom is -0.328 e. The van der Waals surface area contributed by atoms with Crippen molar-refractivity contribution in [3.8, 4) is 0 Å². The van der Waals surface area contributed by atoms with E-state index in [1.54, 1.807) is 24.4 Å². The van der Waals surface area contributed by atoms with Crippen LogP contribution in [-0.2, 0) is 32.6 Å². The quantitative estimate of drug-likeness (QED) is 0.539. The van der Waals surface area contributed by atoms with E-state index in [1.807, 2.05) is 12.1 Å². The number of rotatable bonds is 5. The van der Waals surface area contributed by atoms with E-state index in [2.05, 4.69) is 20.9 Å². The van der Waals surface area contributed by atoms with Gasteiger partial charge in [0.15, 0.2) is 0 Å². The average molecular weight is 542 g/mol. The number of pyridine rings is 1. The van der Waals surface area contributed by atoms with Crippen LogP contribution in [0, 0.1) is 5.41 Å². The molecule has 2 aliphatic carbocycles. The minimum atomic E-state index is -4.66. The van der Waals surface area contributed by atoms with Gasteiger partial charge in [-0.15, -0.1) is 0 Å². The standard InChI is InChI=1S/C28H30F3N5O3/c29-28(30,31)27(8-3-9-27)25(39)36(20-4-1-10-32-15-20)16-22(37)34-19-7-6-17-13-26(14-18(17)12-19)21-5-2-11-33-23(21)35-24(26)38/h2,5-7,11-12,20,32H,1,3-4,8-10,13-16H2,(H,34,37)(H,33,35,38)/t20-,26+/m0/s1. The third-order valence-electron chi connectivity index (χ3n) is 8.91. The van der Waals surface area contributed by atoms with E-state index in [9.17, 15) is 27.6 Å². The number of aromatic nitrogens is 1. The molecule has 2 atom stereocenters. The molecular weight excluding hydrogens is 511 g/mol. The van der Waals surface area contributed by atoms with Gasteiger partial charge in [-0.1, -0.05) is 18.6 Å². The van der Waals surface area contributed by atoms with Crippen LogP contribution in [0.1, 0.15) is 48.8 Å². The fraction of sp³-hybridized carbons (Fsp3) is 0.500. The Labute approximate surface area is 223 Å². The summed E-state index contributed by atoms with van der Waals surface area (Å²) in [5.41, 5.74) is 0.0715. The van der Waals surface area contributed by atoms with Crippen LogP contribution in [0.25, 0.3) is 0 Å². The Kier molecular flexibility index (Phi) is 6.16. The van der Waals surface area contributed by atoms with Crippen molar-refractivity contribution in [1.82, 2.24) is 15.2 Å². The number of hydrogen-bond donors (Lipinski definition) is 3. The third kappa shape index (κ3) is 4.18. The van der Waals surface area contributed by atoms with Crippen molar-refractivity contribution >= 4 is 29.2 Å². The molecule has 3 amide bonds. The largest absolute Gasteiger partial charge is 0.403 e. The Morgan fingerprint density at radius 1 is 1.13 bits per heavy atom. The number of anilines is 2. The number of benzene rings is 1. The van der Waals surface area contributed by atoms with Crippen LogP contribution in [0.15, 0.2) is 36.5 Å². The van der Waals surface area contributed by atoms with Gasteiger partial charge in [-0.25, -0.2) is 4.98 Å². The Bertz CT molecular complexity index is 1340. The topological polar surface area (TPSA) is 103 Å². The minimum absolute atomic E-state index is 0.109. The molecule has 2 fully saturated rings. The molecule has 4 aliphatic rings. The molecule has 0 unspecified atom stereocenters. The molecule has 2 aliphatic heterocycles. The van der Waals surface area contributed by atoms with Crippen molar-refractivity contribution < 1.29 is 27.6 Å². The number of alkyl halides is 3. The molecule has 206 valence electrons. The van der Waals surface area contributed by atoms with Crippen LogP contribution in [0.4, 0.5) is 24.7 Å². The van der Waals surface area contributed by atoms with Crippen molar-refractivity contribution in [2.45, 2.75) is 62.6 Å². The van der Waals surface area contributed by atoms with E-state index >= 15 is 0 Å². The van der Waals surface area contributed by atoms with Gasteiger partial charge in [0.05, 0.1) is 5.41 Å². The zero-order valence-electron chi connectivity index (χ0n) is 21.4.